The number of alkyl halides is 3. The van der Waals surface area contributed by atoms with Gasteiger partial charge < -0.3 is 10.2 Å². The fourth-order valence-corrected chi connectivity index (χ4v) is 1.64. The van der Waals surface area contributed by atoms with Crippen LogP contribution in [0.15, 0.2) is 30.5 Å². The van der Waals surface area contributed by atoms with E-state index in [1.54, 1.807) is 0 Å². The molecule has 0 aliphatic heterocycles. The van der Waals surface area contributed by atoms with Crippen LogP contribution in [0.25, 0.3) is 4.85 Å². The van der Waals surface area contributed by atoms with E-state index in [1.807, 2.05) is 0 Å². The SMILES string of the molecule is [C-]#[N+]c1ccc(NC(=O)C(F)(F)F)c(C(=O)c2ncccc2F)n1. The molecule has 2 heterocycles. The highest BCUT2D eigenvalue weighted by atomic mass is 19.4. The number of nitrogens with one attached hydrogen (secondary N) is 1. The monoisotopic (exact) mass is 338 g/mol. The molecule has 0 radical (unpaired) electrons. The van der Waals surface area contributed by atoms with Crippen molar-refractivity contribution in [1.29, 1.82) is 0 Å². The summed E-state index contributed by atoms with van der Waals surface area (Å²) in [6.45, 7) is 6.83. The number of amides is 1. The molecule has 2 aromatic rings. The molecular weight excluding hydrogens is 332 g/mol. The maximum Gasteiger partial charge on any atom is 0.471 e. The molecule has 24 heavy (non-hydrogen) atoms. The fourth-order valence-electron chi connectivity index (χ4n) is 1.64. The number of rotatable bonds is 3. The summed E-state index contributed by atoms with van der Waals surface area (Å²) < 4.78 is 50.7. The quantitative estimate of drug-likeness (QED) is 0.530. The molecule has 0 saturated carbocycles. The van der Waals surface area contributed by atoms with Crippen LogP contribution in [0.2, 0.25) is 0 Å². The lowest BCUT2D eigenvalue weighted by atomic mass is 10.1. The van der Waals surface area contributed by atoms with Gasteiger partial charge in [0.2, 0.25) is 5.69 Å². The van der Waals surface area contributed by atoms with Crippen molar-refractivity contribution < 1.29 is 27.2 Å². The van der Waals surface area contributed by atoms with E-state index >= 15 is 0 Å². The largest absolute Gasteiger partial charge is 0.471 e. The van der Waals surface area contributed by atoms with Gasteiger partial charge in [0.05, 0.1) is 5.69 Å². The highest BCUT2D eigenvalue weighted by Crippen LogP contribution is 2.24. The molecule has 1 amide bonds. The molecule has 0 fully saturated rings. The van der Waals surface area contributed by atoms with Gasteiger partial charge in [0, 0.05) is 6.20 Å². The molecule has 0 unspecified atom stereocenters. The number of pyridine rings is 2. The first-order valence-corrected chi connectivity index (χ1v) is 6.16. The van der Waals surface area contributed by atoms with Crippen molar-refractivity contribution in [3.8, 4) is 0 Å². The van der Waals surface area contributed by atoms with Crippen LogP contribution >= 0.6 is 0 Å². The first kappa shape index (κ1) is 17.0. The summed E-state index contributed by atoms with van der Waals surface area (Å²) >= 11 is 0. The van der Waals surface area contributed by atoms with Crippen molar-refractivity contribution >= 4 is 23.2 Å². The third-order valence-corrected chi connectivity index (χ3v) is 2.69. The van der Waals surface area contributed by atoms with Gasteiger partial charge in [0.15, 0.2) is 11.5 Å². The maximum absolute atomic E-state index is 13.7. The van der Waals surface area contributed by atoms with Crippen molar-refractivity contribution in [1.82, 2.24) is 9.97 Å². The molecule has 10 heteroatoms. The lowest BCUT2D eigenvalue weighted by Crippen LogP contribution is -2.30. The molecule has 0 spiro atoms. The van der Waals surface area contributed by atoms with E-state index in [0.29, 0.717) is 0 Å². The summed E-state index contributed by atoms with van der Waals surface area (Å²) in [5, 5.41) is 1.47. The summed E-state index contributed by atoms with van der Waals surface area (Å²) in [6, 6.07) is 4.04. The molecule has 1 N–H and O–H groups in total. The van der Waals surface area contributed by atoms with E-state index in [9.17, 15) is 27.2 Å². The Morgan fingerprint density at radius 1 is 1.17 bits per heavy atom. The number of hydrogen-bond donors (Lipinski definition) is 1. The average Bonchev–Trinajstić information content (AvgIpc) is 2.54. The van der Waals surface area contributed by atoms with Crippen molar-refractivity contribution in [2.24, 2.45) is 0 Å². The van der Waals surface area contributed by atoms with Gasteiger partial charge in [-0.15, -0.1) is 4.98 Å². The standard InChI is InChI=1S/C14H6F4N4O2/c1-19-9-5-4-8(21-13(24)14(16,17)18)11(22-9)12(23)10-7(15)3-2-6-20-10/h2-6H,(H,21,24). The third kappa shape index (κ3) is 3.52. The second-order valence-electron chi connectivity index (χ2n) is 4.29. The average molecular weight is 338 g/mol. The van der Waals surface area contributed by atoms with Gasteiger partial charge in [0.1, 0.15) is 0 Å². The smallest absolute Gasteiger partial charge is 0.361 e. The number of halogens is 4. The normalized spacial score (nSPS) is 10.8. The minimum atomic E-state index is -5.20. The van der Waals surface area contributed by atoms with E-state index < -0.39 is 40.8 Å². The summed E-state index contributed by atoms with van der Waals surface area (Å²) in [6.07, 6.45) is -4.10. The summed E-state index contributed by atoms with van der Waals surface area (Å²) in [5.74, 6) is -4.85. The molecule has 0 aromatic carbocycles. The molecule has 2 rings (SSSR count). The number of aromatic nitrogens is 2. The molecule has 6 nitrogen and oxygen atoms in total. The summed E-state index contributed by atoms with van der Waals surface area (Å²) in [7, 11) is 0. The first-order chi connectivity index (χ1) is 11.2. The minimum absolute atomic E-state index is 0.320. The second kappa shape index (κ2) is 6.41. The number of carbonyl (C=O) groups excluding carboxylic acids is 2. The maximum atomic E-state index is 13.7. The van der Waals surface area contributed by atoms with Gasteiger partial charge in [-0.3, -0.25) is 9.59 Å². The molecule has 0 bridgehead atoms. The third-order valence-electron chi connectivity index (χ3n) is 2.69. The molecule has 0 aliphatic carbocycles. The minimum Gasteiger partial charge on any atom is -0.361 e. The lowest BCUT2D eigenvalue weighted by molar-refractivity contribution is -0.167. The molecule has 0 atom stereocenters. The molecule has 122 valence electrons. The van der Waals surface area contributed by atoms with Crippen LogP contribution in [-0.4, -0.2) is 27.8 Å². The number of anilines is 1. The van der Waals surface area contributed by atoms with Gasteiger partial charge in [0.25, 0.3) is 11.6 Å². The number of hydrogen-bond acceptors (Lipinski definition) is 4. The summed E-state index contributed by atoms with van der Waals surface area (Å²) in [4.78, 5) is 33.3. The molecule has 2 aromatic heterocycles. The van der Waals surface area contributed by atoms with E-state index in [0.717, 1.165) is 24.4 Å². The van der Waals surface area contributed by atoms with E-state index in [-0.39, 0.29) is 5.82 Å². The summed E-state index contributed by atoms with van der Waals surface area (Å²) in [5.41, 5.74) is -2.03. The zero-order valence-corrected chi connectivity index (χ0v) is 11.6. The van der Waals surface area contributed by atoms with Gasteiger partial charge in [-0.2, -0.15) is 13.2 Å². The predicted octanol–water partition coefficient (Wildman–Crippen LogP) is 2.90. The van der Waals surface area contributed by atoms with Crippen LogP contribution in [-0.2, 0) is 4.79 Å². The number of nitrogens with zero attached hydrogens (tertiary/aromatic N) is 3. The van der Waals surface area contributed by atoms with Crippen LogP contribution < -0.4 is 5.32 Å². The Balaban J connectivity index is 2.51. The Bertz CT molecular complexity index is 859. The highest BCUT2D eigenvalue weighted by Gasteiger charge is 2.39. The van der Waals surface area contributed by atoms with Crippen LogP contribution in [0.4, 0.5) is 29.1 Å². The van der Waals surface area contributed by atoms with Crippen molar-refractivity contribution in [3.05, 3.63) is 59.1 Å². The van der Waals surface area contributed by atoms with Crippen LogP contribution in [0, 0.1) is 12.4 Å². The first-order valence-electron chi connectivity index (χ1n) is 6.16. The Morgan fingerprint density at radius 3 is 2.46 bits per heavy atom. The lowest BCUT2D eigenvalue weighted by Gasteiger charge is -2.09. The van der Waals surface area contributed by atoms with Gasteiger partial charge in [-0.05, 0) is 24.3 Å². The van der Waals surface area contributed by atoms with Crippen LogP contribution in [0.3, 0.4) is 0 Å². The van der Waals surface area contributed by atoms with Crippen molar-refractivity contribution in [2.75, 3.05) is 5.32 Å². The van der Waals surface area contributed by atoms with Gasteiger partial charge in [-0.1, -0.05) is 6.57 Å². The molecular formula is C14H6F4N4O2. The van der Waals surface area contributed by atoms with Crippen LogP contribution in [0.5, 0.6) is 0 Å². The van der Waals surface area contributed by atoms with E-state index in [2.05, 4.69) is 14.8 Å². The van der Waals surface area contributed by atoms with E-state index in [4.69, 9.17) is 6.57 Å². The second-order valence-corrected chi connectivity index (χ2v) is 4.29. The Hall–Kier alpha value is -3.35. The van der Waals surface area contributed by atoms with Crippen molar-refractivity contribution in [2.45, 2.75) is 6.18 Å². The Kier molecular flexibility index (Phi) is 4.54. The topological polar surface area (TPSA) is 76.3 Å². The van der Waals surface area contributed by atoms with Crippen LogP contribution in [0.1, 0.15) is 16.2 Å². The van der Waals surface area contributed by atoms with E-state index in [1.165, 1.54) is 11.4 Å². The van der Waals surface area contributed by atoms with Gasteiger partial charge >= 0.3 is 12.1 Å². The van der Waals surface area contributed by atoms with Crippen molar-refractivity contribution in [3.63, 3.8) is 0 Å². The Morgan fingerprint density at radius 2 is 1.88 bits per heavy atom. The van der Waals surface area contributed by atoms with Gasteiger partial charge in [-0.25, -0.2) is 9.37 Å². The Labute approximate surface area is 132 Å². The zero-order chi connectivity index (χ0) is 17.9. The highest BCUT2D eigenvalue weighted by molar-refractivity contribution is 6.12. The molecule has 0 saturated heterocycles. The fraction of sp³-hybridized carbons (Fsp3) is 0.0714. The predicted molar refractivity (Wildman–Crippen MR) is 72.8 cm³/mol. The number of ketones is 1. The zero-order valence-electron chi connectivity index (χ0n) is 11.6. The number of carbonyl (C=O) groups is 2. The molecule has 0 aliphatic rings.